The molecule has 1 unspecified atom stereocenters. The number of hydrogen-bond acceptors (Lipinski definition) is 5. The van der Waals surface area contributed by atoms with Gasteiger partial charge in [-0.15, -0.1) is 5.10 Å². The first kappa shape index (κ1) is 15.0. The molecule has 1 fully saturated rings. The minimum Gasteiger partial charge on any atom is -0.346 e. The first-order chi connectivity index (χ1) is 9.17. The van der Waals surface area contributed by atoms with Gasteiger partial charge >= 0.3 is 0 Å². The number of sulfone groups is 1. The van der Waals surface area contributed by atoms with Crippen molar-refractivity contribution in [2.24, 2.45) is 0 Å². The highest BCUT2D eigenvalue weighted by Gasteiger charge is 2.28. The standard InChI is InChI=1S/C12H20N4O3S/c1-12(2,3)11-14-9(15-16-11)10(17)13-8-5-4-6-20(18,19)7-8/h8H,4-7H2,1-3H3,(H,13,17)(H,14,15,16). The van der Waals surface area contributed by atoms with Crippen LogP contribution in [0.4, 0.5) is 0 Å². The summed E-state index contributed by atoms with van der Waals surface area (Å²) in [5.74, 6) is 0.444. The number of carbonyl (C=O) groups excluding carboxylic acids is 1. The van der Waals surface area contributed by atoms with Gasteiger partial charge in [0.15, 0.2) is 9.84 Å². The lowest BCUT2D eigenvalue weighted by molar-refractivity contribution is 0.0928. The van der Waals surface area contributed by atoms with E-state index in [1.807, 2.05) is 20.8 Å². The lowest BCUT2D eigenvalue weighted by Crippen LogP contribution is -2.43. The summed E-state index contributed by atoms with van der Waals surface area (Å²) in [6.45, 7) is 5.88. The zero-order valence-electron chi connectivity index (χ0n) is 11.9. The van der Waals surface area contributed by atoms with Crippen molar-refractivity contribution in [3.63, 3.8) is 0 Å². The molecule has 1 atom stereocenters. The smallest absolute Gasteiger partial charge is 0.291 e. The predicted octanol–water partition coefficient (Wildman–Crippen LogP) is 0.409. The van der Waals surface area contributed by atoms with Gasteiger partial charge < -0.3 is 5.32 Å². The van der Waals surface area contributed by atoms with Crippen LogP contribution < -0.4 is 5.32 Å². The van der Waals surface area contributed by atoms with Crippen molar-refractivity contribution >= 4 is 15.7 Å². The number of amides is 1. The van der Waals surface area contributed by atoms with Crippen LogP contribution in [0.5, 0.6) is 0 Å². The fourth-order valence-corrected chi connectivity index (χ4v) is 3.72. The van der Waals surface area contributed by atoms with Gasteiger partial charge in [-0.2, -0.15) is 0 Å². The third kappa shape index (κ3) is 3.56. The Kier molecular flexibility index (Phi) is 3.86. The van der Waals surface area contributed by atoms with E-state index in [1.165, 1.54) is 0 Å². The average Bonchev–Trinajstić information content (AvgIpc) is 2.76. The van der Waals surface area contributed by atoms with Crippen LogP contribution in [0.15, 0.2) is 0 Å². The van der Waals surface area contributed by atoms with Gasteiger partial charge in [-0.3, -0.25) is 9.89 Å². The third-order valence-corrected chi connectivity index (χ3v) is 5.02. The Labute approximate surface area is 118 Å². The quantitative estimate of drug-likeness (QED) is 0.823. The number of hydrogen-bond donors (Lipinski definition) is 2. The molecular weight excluding hydrogens is 280 g/mol. The van der Waals surface area contributed by atoms with Gasteiger partial charge in [0.25, 0.3) is 5.91 Å². The van der Waals surface area contributed by atoms with Crippen LogP contribution >= 0.6 is 0 Å². The molecule has 1 amide bonds. The second kappa shape index (κ2) is 5.16. The summed E-state index contributed by atoms with van der Waals surface area (Å²) < 4.78 is 23.1. The molecule has 1 aliphatic rings. The molecule has 0 radical (unpaired) electrons. The molecule has 1 saturated heterocycles. The molecule has 20 heavy (non-hydrogen) atoms. The van der Waals surface area contributed by atoms with E-state index in [0.29, 0.717) is 18.7 Å². The van der Waals surface area contributed by atoms with Gasteiger partial charge in [0.1, 0.15) is 5.82 Å². The summed E-state index contributed by atoms with van der Waals surface area (Å²) in [5, 5.41) is 9.32. The molecule has 2 rings (SSSR count). The molecule has 1 aliphatic heterocycles. The Balaban J connectivity index is 2.03. The van der Waals surface area contributed by atoms with E-state index < -0.39 is 15.7 Å². The van der Waals surface area contributed by atoms with Gasteiger partial charge in [0, 0.05) is 11.5 Å². The van der Waals surface area contributed by atoms with Crippen LogP contribution in [0, 0.1) is 0 Å². The van der Waals surface area contributed by atoms with E-state index in [4.69, 9.17) is 0 Å². The molecule has 0 saturated carbocycles. The van der Waals surface area contributed by atoms with E-state index in [-0.39, 0.29) is 28.8 Å². The zero-order valence-corrected chi connectivity index (χ0v) is 12.7. The minimum absolute atomic E-state index is 0.00467. The van der Waals surface area contributed by atoms with Crippen molar-refractivity contribution < 1.29 is 13.2 Å². The fraction of sp³-hybridized carbons (Fsp3) is 0.750. The molecule has 7 nitrogen and oxygen atoms in total. The molecule has 0 bridgehead atoms. The zero-order chi connectivity index (χ0) is 15.0. The second-order valence-corrected chi connectivity index (χ2v) is 8.41. The van der Waals surface area contributed by atoms with Gasteiger partial charge in [0.2, 0.25) is 5.82 Å². The van der Waals surface area contributed by atoms with Gasteiger partial charge in [0.05, 0.1) is 11.5 Å². The SMILES string of the molecule is CC(C)(C)c1nc(C(=O)NC2CCCS(=O)(=O)C2)n[nH]1. The van der Waals surface area contributed by atoms with E-state index >= 15 is 0 Å². The van der Waals surface area contributed by atoms with Crippen molar-refractivity contribution in [2.75, 3.05) is 11.5 Å². The first-order valence-electron chi connectivity index (χ1n) is 6.61. The fourth-order valence-electron chi connectivity index (χ4n) is 2.09. The summed E-state index contributed by atoms with van der Waals surface area (Å²) in [4.78, 5) is 16.2. The lowest BCUT2D eigenvalue weighted by Gasteiger charge is -2.22. The van der Waals surface area contributed by atoms with Crippen LogP contribution in [-0.2, 0) is 15.3 Å². The molecule has 112 valence electrons. The average molecular weight is 300 g/mol. The molecule has 8 heteroatoms. The number of carbonyl (C=O) groups is 1. The normalized spacial score (nSPS) is 22.4. The summed E-state index contributed by atoms with van der Waals surface area (Å²) in [6, 6.07) is -0.349. The molecular formula is C12H20N4O3S. The Morgan fingerprint density at radius 2 is 2.10 bits per heavy atom. The van der Waals surface area contributed by atoms with Gasteiger partial charge in [-0.05, 0) is 12.8 Å². The van der Waals surface area contributed by atoms with Crippen molar-refractivity contribution in [3.8, 4) is 0 Å². The van der Waals surface area contributed by atoms with Crippen molar-refractivity contribution in [1.82, 2.24) is 20.5 Å². The topological polar surface area (TPSA) is 105 Å². The first-order valence-corrected chi connectivity index (χ1v) is 8.44. The molecule has 0 aromatic carbocycles. The molecule has 1 aromatic heterocycles. The predicted molar refractivity (Wildman–Crippen MR) is 74.2 cm³/mol. The van der Waals surface area contributed by atoms with Crippen molar-refractivity contribution in [3.05, 3.63) is 11.6 Å². The van der Waals surface area contributed by atoms with Crippen LogP contribution in [-0.4, -0.2) is 47.1 Å². The largest absolute Gasteiger partial charge is 0.346 e. The van der Waals surface area contributed by atoms with E-state index in [0.717, 1.165) is 0 Å². The Morgan fingerprint density at radius 3 is 2.65 bits per heavy atom. The maximum Gasteiger partial charge on any atom is 0.291 e. The number of H-pyrrole nitrogens is 1. The second-order valence-electron chi connectivity index (χ2n) is 6.18. The maximum atomic E-state index is 12.0. The summed E-state index contributed by atoms with van der Waals surface area (Å²) in [7, 11) is -3.04. The summed E-state index contributed by atoms with van der Waals surface area (Å²) in [5.41, 5.74) is -0.223. The van der Waals surface area contributed by atoms with Crippen LogP contribution in [0.25, 0.3) is 0 Å². The van der Waals surface area contributed by atoms with E-state index in [2.05, 4.69) is 20.5 Å². The number of rotatable bonds is 2. The monoisotopic (exact) mass is 300 g/mol. The van der Waals surface area contributed by atoms with E-state index in [9.17, 15) is 13.2 Å². The van der Waals surface area contributed by atoms with Gasteiger partial charge in [-0.25, -0.2) is 13.4 Å². The number of nitrogens with one attached hydrogen (secondary N) is 2. The maximum absolute atomic E-state index is 12.0. The summed E-state index contributed by atoms with van der Waals surface area (Å²) in [6.07, 6.45) is 1.25. The molecule has 1 aromatic rings. The summed E-state index contributed by atoms with van der Waals surface area (Å²) >= 11 is 0. The molecule has 2 N–H and O–H groups in total. The number of nitrogens with zero attached hydrogens (tertiary/aromatic N) is 2. The Hall–Kier alpha value is -1.44. The highest BCUT2D eigenvalue weighted by atomic mass is 32.2. The minimum atomic E-state index is -3.04. The third-order valence-electron chi connectivity index (χ3n) is 3.20. The highest BCUT2D eigenvalue weighted by molar-refractivity contribution is 7.91. The molecule has 2 heterocycles. The van der Waals surface area contributed by atoms with Crippen LogP contribution in [0.2, 0.25) is 0 Å². The Bertz CT molecular complexity index is 600. The highest BCUT2D eigenvalue weighted by Crippen LogP contribution is 2.17. The van der Waals surface area contributed by atoms with E-state index in [1.54, 1.807) is 0 Å². The van der Waals surface area contributed by atoms with Crippen LogP contribution in [0.3, 0.4) is 0 Å². The van der Waals surface area contributed by atoms with Crippen molar-refractivity contribution in [2.45, 2.75) is 45.1 Å². The van der Waals surface area contributed by atoms with Crippen LogP contribution in [0.1, 0.15) is 50.1 Å². The molecule has 0 aliphatic carbocycles. The molecule has 0 spiro atoms. The lowest BCUT2D eigenvalue weighted by atomic mass is 9.96. The number of aromatic nitrogens is 3. The Morgan fingerprint density at radius 1 is 1.40 bits per heavy atom. The van der Waals surface area contributed by atoms with Crippen molar-refractivity contribution in [1.29, 1.82) is 0 Å². The van der Waals surface area contributed by atoms with Gasteiger partial charge in [-0.1, -0.05) is 20.8 Å². The number of aromatic amines is 1.